The van der Waals surface area contributed by atoms with Crippen LogP contribution in [0.5, 0.6) is 0 Å². The van der Waals surface area contributed by atoms with Crippen LogP contribution < -0.4 is 0 Å². The Balaban J connectivity index is 4.39. The first-order chi connectivity index (χ1) is 8.06. The maximum absolute atomic E-state index is 11.6. The van der Waals surface area contributed by atoms with E-state index in [0.29, 0.717) is 12.3 Å². The van der Waals surface area contributed by atoms with E-state index in [-0.39, 0.29) is 13.2 Å². The number of hydrogen-bond acceptors (Lipinski definition) is 4. The number of ether oxygens (including phenoxy) is 2. The van der Waals surface area contributed by atoms with E-state index >= 15 is 0 Å². The van der Waals surface area contributed by atoms with Crippen molar-refractivity contribution in [2.24, 2.45) is 11.8 Å². The molecule has 1 atom stereocenters. The van der Waals surface area contributed by atoms with Crippen molar-refractivity contribution in [1.29, 1.82) is 0 Å². The van der Waals surface area contributed by atoms with Crippen LogP contribution >= 0.6 is 15.9 Å². The van der Waals surface area contributed by atoms with Gasteiger partial charge < -0.3 is 9.47 Å². The van der Waals surface area contributed by atoms with Crippen molar-refractivity contribution in [3.8, 4) is 0 Å². The van der Waals surface area contributed by atoms with Gasteiger partial charge in [0, 0.05) is 5.33 Å². The summed E-state index contributed by atoms with van der Waals surface area (Å²) in [4.78, 5) is 23.3. The van der Waals surface area contributed by atoms with Crippen molar-refractivity contribution >= 4 is 27.9 Å². The minimum Gasteiger partial charge on any atom is -0.465 e. The van der Waals surface area contributed by atoms with Crippen LogP contribution in [0.4, 0.5) is 0 Å². The van der Waals surface area contributed by atoms with Crippen molar-refractivity contribution in [3.05, 3.63) is 0 Å². The number of carbonyl (C=O) groups is 2. The molecule has 0 N–H and O–H groups in total. The van der Waals surface area contributed by atoms with Gasteiger partial charge in [0.05, 0.1) is 13.2 Å². The summed E-state index contributed by atoms with van der Waals surface area (Å²) in [6.45, 7) is 6.07. The largest absolute Gasteiger partial charge is 0.465 e. The molecule has 0 rings (SSSR count). The Morgan fingerprint density at radius 3 is 1.88 bits per heavy atom. The molecule has 0 aromatic heterocycles. The molecular weight excluding hydrogens is 288 g/mol. The van der Waals surface area contributed by atoms with Crippen LogP contribution in [-0.2, 0) is 19.1 Å². The second-order valence-electron chi connectivity index (χ2n) is 3.89. The predicted octanol–water partition coefficient (Wildman–Crippen LogP) is 2.54. The standard InChI is InChI=1S/C12H21BrO4/c1-4-16-11(14)10(12(15)17-5-2)7-6-9(3)8-13/h9-10H,4-8H2,1-3H3. The average Bonchev–Trinajstić information content (AvgIpc) is 2.29. The highest BCUT2D eigenvalue weighted by Gasteiger charge is 2.29. The lowest BCUT2D eigenvalue weighted by atomic mass is 9.98. The molecule has 0 fully saturated rings. The molecule has 0 amide bonds. The van der Waals surface area contributed by atoms with E-state index in [1.54, 1.807) is 13.8 Å². The van der Waals surface area contributed by atoms with Gasteiger partial charge in [-0.05, 0) is 32.6 Å². The molecule has 0 radical (unpaired) electrons. The molecule has 0 aromatic rings. The molecule has 0 aromatic carbocycles. The minimum absolute atomic E-state index is 0.280. The van der Waals surface area contributed by atoms with Gasteiger partial charge in [-0.1, -0.05) is 22.9 Å². The topological polar surface area (TPSA) is 52.6 Å². The third-order valence-corrected chi connectivity index (χ3v) is 3.46. The van der Waals surface area contributed by atoms with Crippen LogP contribution in [0.1, 0.15) is 33.6 Å². The Kier molecular flexibility index (Phi) is 9.13. The fraction of sp³-hybridized carbons (Fsp3) is 0.833. The zero-order valence-electron chi connectivity index (χ0n) is 10.7. The Labute approximate surface area is 111 Å². The van der Waals surface area contributed by atoms with Crippen molar-refractivity contribution in [1.82, 2.24) is 0 Å². The molecule has 0 aliphatic rings. The normalized spacial score (nSPS) is 12.3. The van der Waals surface area contributed by atoms with Crippen molar-refractivity contribution in [3.63, 3.8) is 0 Å². The first kappa shape index (κ1) is 16.4. The van der Waals surface area contributed by atoms with Crippen LogP contribution in [-0.4, -0.2) is 30.5 Å². The highest BCUT2D eigenvalue weighted by atomic mass is 79.9. The van der Waals surface area contributed by atoms with E-state index in [2.05, 4.69) is 22.9 Å². The molecule has 0 aliphatic heterocycles. The van der Waals surface area contributed by atoms with Crippen LogP contribution in [0.25, 0.3) is 0 Å². The zero-order chi connectivity index (χ0) is 13.3. The molecule has 5 heteroatoms. The molecule has 0 aliphatic carbocycles. The molecule has 1 unspecified atom stereocenters. The molecule has 0 bridgehead atoms. The Hall–Kier alpha value is -0.580. The number of esters is 2. The van der Waals surface area contributed by atoms with Crippen molar-refractivity contribution < 1.29 is 19.1 Å². The Morgan fingerprint density at radius 1 is 1.06 bits per heavy atom. The van der Waals surface area contributed by atoms with Gasteiger partial charge in [0.2, 0.25) is 0 Å². The highest BCUT2D eigenvalue weighted by molar-refractivity contribution is 9.09. The fourth-order valence-corrected chi connectivity index (χ4v) is 1.67. The first-order valence-corrected chi connectivity index (χ1v) is 7.08. The lowest BCUT2D eigenvalue weighted by molar-refractivity contribution is -0.162. The van der Waals surface area contributed by atoms with Crippen molar-refractivity contribution in [2.45, 2.75) is 33.6 Å². The van der Waals surface area contributed by atoms with Gasteiger partial charge in [0.15, 0.2) is 5.92 Å². The number of halogens is 1. The van der Waals surface area contributed by atoms with Crippen LogP contribution in [0.3, 0.4) is 0 Å². The summed E-state index contributed by atoms with van der Waals surface area (Å²) in [5, 5.41) is 0.853. The fourth-order valence-electron chi connectivity index (χ4n) is 1.35. The van der Waals surface area contributed by atoms with Gasteiger partial charge in [-0.2, -0.15) is 0 Å². The second kappa shape index (κ2) is 9.45. The van der Waals surface area contributed by atoms with E-state index in [0.717, 1.165) is 11.8 Å². The second-order valence-corrected chi connectivity index (χ2v) is 4.54. The minimum atomic E-state index is -0.781. The van der Waals surface area contributed by atoms with E-state index in [1.165, 1.54) is 0 Å². The molecule has 17 heavy (non-hydrogen) atoms. The number of carbonyl (C=O) groups excluding carboxylic acids is 2. The monoisotopic (exact) mass is 308 g/mol. The third-order valence-electron chi connectivity index (χ3n) is 2.35. The van der Waals surface area contributed by atoms with E-state index in [9.17, 15) is 9.59 Å². The lowest BCUT2D eigenvalue weighted by Gasteiger charge is -2.15. The predicted molar refractivity (Wildman–Crippen MR) is 68.9 cm³/mol. The van der Waals surface area contributed by atoms with Crippen LogP contribution in [0.15, 0.2) is 0 Å². The molecule has 4 nitrogen and oxygen atoms in total. The summed E-state index contributed by atoms with van der Waals surface area (Å²) in [6, 6.07) is 0. The van der Waals surface area contributed by atoms with Gasteiger partial charge in [0.25, 0.3) is 0 Å². The van der Waals surface area contributed by atoms with Gasteiger partial charge in [-0.3, -0.25) is 9.59 Å². The molecular formula is C12H21BrO4. The average molecular weight is 309 g/mol. The van der Waals surface area contributed by atoms with Gasteiger partial charge in [-0.25, -0.2) is 0 Å². The maximum Gasteiger partial charge on any atom is 0.320 e. The summed E-state index contributed by atoms with van der Waals surface area (Å²) >= 11 is 3.37. The van der Waals surface area contributed by atoms with E-state index < -0.39 is 17.9 Å². The SMILES string of the molecule is CCOC(=O)C(CCC(C)CBr)C(=O)OCC. The zero-order valence-corrected chi connectivity index (χ0v) is 12.3. The number of alkyl halides is 1. The number of rotatable bonds is 8. The number of hydrogen-bond donors (Lipinski definition) is 0. The summed E-state index contributed by atoms with van der Waals surface area (Å²) in [5.74, 6) is -1.32. The third kappa shape index (κ3) is 6.66. The molecule has 100 valence electrons. The summed E-state index contributed by atoms with van der Waals surface area (Å²) in [5.41, 5.74) is 0. The molecule has 0 saturated carbocycles. The quantitative estimate of drug-likeness (QED) is 0.393. The molecule has 0 heterocycles. The molecule has 0 saturated heterocycles. The van der Waals surface area contributed by atoms with Crippen molar-refractivity contribution in [2.75, 3.05) is 18.5 Å². The Bertz CT molecular complexity index is 225. The summed E-state index contributed by atoms with van der Waals surface area (Å²) in [6.07, 6.45) is 1.26. The summed E-state index contributed by atoms with van der Waals surface area (Å²) < 4.78 is 9.77. The maximum atomic E-state index is 11.6. The van der Waals surface area contributed by atoms with Gasteiger partial charge in [0.1, 0.15) is 0 Å². The van der Waals surface area contributed by atoms with Crippen LogP contribution in [0, 0.1) is 11.8 Å². The van der Waals surface area contributed by atoms with E-state index in [4.69, 9.17) is 9.47 Å². The van der Waals surface area contributed by atoms with Crippen LogP contribution in [0.2, 0.25) is 0 Å². The highest BCUT2D eigenvalue weighted by Crippen LogP contribution is 2.17. The smallest absolute Gasteiger partial charge is 0.320 e. The first-order valence-electron chi connectivity index (χ1n) is 5.95. The summed E-state index contributed by atoms with van der Waals surface area (Å²) in [7, 11) is 0. The van der Waals surface area contributed by atoms with E-state index in [1.807, 2.05) is 0 Å². The molecule has 0 spiro atoms. The van der Waals surface area contributed by atoms with Gasteiger partial charge in [-0.15, -0.1) is 0 Å². The lowest BCUT2D eigenvalue weighted by Crippen LogP contribution is -2.28. The Morgan fingerprint density at radius 2 is 1.53 bits per heavy atom. The van der Waals surface area contributed by atoms with Gasteiger partial charge >= 0.3 is 11.9 Å².